The van der Waals surface area contributed by atoms with E-state index in [4.69, 9.17) is 20.9 Å². The monoisotopic (exact) mass is 338 g/mol. The Bertz CT molecular complexity index is 597. The van der Waals surface area contributed by atoms with Gasteiger partial charge in [-0.3, -0.25) is 4.79 Å². The maximum absolute atomic E-state index is 10.8. The van der Waals surface area contributed by atoms with Crippen LogP contribution in [-0.4, -0.2) is 30.4 Å². The molecule has 0 N–H and O–H groups in total. The minimum absolute atomic E-state index is 0.390. The van der Waals surface area contributed by atoms with Crippen LogP contribution in [0.1, 0.15) is 43.6 Å². The van der Waals surface area contributed by atoms with Crippen molar-refractivity contribution >= 4 is 43.7 Å². The molecule has 1 heterocycles. The van der Waals surface area contributed by atoms with Crippen LogP contribution in [0, 0.1) is 0 Å². The van der Waals surface area contributed by atoms with Gasteiger partial charge in [-0.15, -0.1) is 0 Å². The highest BCUT2D eigenvalue weighted by molar-refractivity contribution is 7.80. The van der Waals surface area contributed by atoms with E-state index in [-0.39, 0.29) is 0 Å². The number of hydrogen-bond donors (Lipinski definition) is 1. The summed E-state index contributed by atoms with van der Waals surface area (Å²) in [5.74, 6) is 0.504. The van der Waals surface area contributed by atoms with E-state index in [1.165, 1.54) is 0 Å². The molecule has 0 radical (unpaired) electrons. The molecule has 6 heteroatoms. The Kier molecular flexibility index (Phi) is 5.12. The molecule has 0 saturated carbocycles. The number of hydrogen-bond acceptors (Lipinski definition) is 4. The Morgan fingerprint density at radius 2 is 1.86 bits per heavy atom. The molecule has 0 bridgehead atoms. The topological polar surface area (TPSA) is 35.5 Å². The number of carbonyl (C=O) groups is 1. The van der Waals surface area contributed by atoms with Gasteiger partial charge in [0.2, 0.25) is 0 Å². The molecule has 1 aliphatic heterocycles. The average molecular weight is 339 g/mol. The molecule has 3 nitrogen and oxygen atoms in total. The third kappa shape index (κ3) is 3.43. The van der Waals surface area contributed by atoms with Gasteiger partial charge in [0.25, 0.3) is 0 Å². The van der Waals surface area contributed by atoms with E-state index in [9.17, 15) is 4.79 Å². The highest BCUT2D eigenvalue weighted by Gasteiger charge is 2.52. The van der Waals surface area contributed by atoms with Crippen molar-refractivity contribution < 1.29 is 14.1 Å². The average Bonchev–Trinajstić information content (AvgIpc) is 2.65. The zero-order valence-electron chi connectivity index (χ0n) is 13.2. The molecule has 0 unspecified atom stereocenters. The summed E-state index contributed by atoms with van der Waals surface area (Å²) in [6, 6.07) is 5.28. The summed E-state index contributed by atoms with van der Waals surface area (Å²) in [4.78, 5) is 10.8. The Balaban J connectivity index is 2.29. The number of thiol groups is 1. The van der Waals surface area contributed by atoms with Gasteiger partial charge in [0, 0.05) is 11.3 Å². The maximum Gasteiger partial charge on any atom is 0.491 e. The number of rotatable bonds is 4. The van der Waals surface area contributed by atoms with Crippen LogP contribution in [0.5, 0.6) is 0 Å². The second-order valence-electron chi connectivity index (χ2n) is 6.36. The fraction of sp³-hybridized carbons (Fsp3) is 0.438. The van der Waals surface area contributed by atoms with Gasteiger partial charge in [-0.05, 0) is 50.9 Å². The van der Waals surface area contributed by atoms with E-state index in [1.807, 2.05) is 39.8 Å². The zero-order valence-corrected chi connectivity index (χ0v) is 14.9. The Hall–Kier alpha value is -0.745. The lowest BCUT2D eigenvalue weighted by atomic mass is 9.78. The molecule has 0 aliphatic carbocycles. The molecule has 1 aromatic carbocycles. The largest absolute Gasteiger partial charge is 0.491 e. The minimum Gasteiger partial charge on any atom is -0.400 e. The van der Waals surface area contributed by atoms with Crippen LogP contribution in [0.4, 0.5) is 0 Å². The van der Waals surface area contributed by atoms with E-state index in [2.05, 4.69) is 12.6 Å². The summed E-state index contributed by atoms with van der Waals surface area (Å²) in [5.41, 5.74) is 1.49. The number of carbonyl (C=O) groups excluding carboxylic acids is 1. The van der Waals surface area contributed by atoms with Crippen molar-refractivity contribution in [2.75, 3.05) is 5.75 Å². The summed E-state index contributed by atoms with van der Waals surface area (Å²) in [5, 5.41) is 0.427. The number of aldehydes is 1. The molecule has 2 rings (SSSR count). The predicted molar refractivity (Wildman–Crippen MR) is 94.8 cm³/mol. The molecule has 118 valence electrons. The molecule has 0 spiro atoms. The molecule has 1 saturated heterocycles. The molecular weight excluding hydrogens is 319 g/mol. The van der Waals surface area contributed by atoms with Crippen molar-refractivity contribution in [2.24, 2.45) is 0 Å². The van der Waals surface area contributed by atoms with Crippen molar-refractivity contribution in [3.63, 3.8) is 0 Å². The van der Waals surface area contributed by atoms with Gasteiger partial charge in [-0.2, -0.15) is 12.6 Å². The molecule has 22 heavy (non-hydrogen) atoms. The van der Waals surface area contributed by atoms with E-state index < -0.39 is 18.3 Å². The first kappa shape index (κ1) is 17.6. The van der Waals surface area contributed by atoms with Gasteiger partial charge < -0.3 is 9.31 Å². The summed E-state index contributed by atoms with van der Waals surface area (Å²) in [6.45, 7) is 8.05. The fourth-order valence-corrected chi connectivity index (χ4v) is 2.60. The second kappa shape index (κ2) is 6.40. The predicted octanol–water partition coefficient (Wildman–Crippen LogP) is 4.10. The van der Waals surface area contributed by atoms with Crippen LogP contribution in [0.2, 0.25) is 5.02 Å². The lowest BCUT2D eigenvalue weighted by Gasteiger charge is -2.32. The van der Waals surface area contributed by atoms with E-state index in [1.54, 1.807) is 12.1 Å². The van der Waals surface area contributed by atoms with Gasteiger partial charge in [0.15, 0.2) is 6.29 Å². The summed E-state index contributed by atoms with van der Waals surface area (Å²) in [6.07, 6.45) is 2.68. The van der Waals surface area contributed by atoms with Crippen LogP contribution in [-0.2, 0) is 9.31 Å². The Labute approximate surface area is 142 Å². The highest BCUT2D eigenvalue weighted by atomic mass is 35.5. The maximum atomic E-state index is 10.8. The lowest BCUT2D eigenvalue weighted by molar-refractivity contribution is 0.00578. The van der Waals surface area contributed by atoms with Crippen LogP contribution in [0.15, 0.2) is 23.7 Å². The molecule has 0 amide bonds. The third-order valence-electron chi connectivity index (χ3n) is 4.24. The van der Waals surface area contributed by atoms with E-state index >= 15 is 0 Å². The van der Waals surface area contributed by atoms with Crippen molar-refractivity contribution in [1.82, 2.24) is 0 Å². The summed E-state index contributed by atoms with van der Waals surface area (Å²) < 4.78 is 12.1. The molecule has 1 aromatic rings. The van der Waals surface area contributed by atoms with Crippen LogP contribution in [0.25, 0.3) is 6.08 Å². The quantitative estimate of drug-likeness (QED) is 0.510. The van der Waals surface area contributed by atoms with Gasteiger partial charge in [0.1, 0.15) is 0 Å². The van der Waals surface area contributed by atoms with Crippen molar-refractivity contribution in [3.05, 3.63) is 39.8 Å². The van der Waals surface area contributed by atoms with Gasteiger partial charge in [-0.1, -0.05) is 23.7 Å². The molecular formula is C16H20BClO3S. The SMILES string of the molecule is CC1(C)OB(C(=Cc2ccc(C=O)c(Cl)c2)CS)OC1(C)C. The molecule has 0 atom stereocenters. The number of halogens is 1. The van der Waals surface area contributed by atoms with E-state index in [0.29, 0.717) is 16.3 Å². The Morgan fingerprint density at radius 1 is 1.27 bits per heavy atom. The standard InChI is InChI=1S/C16H20BClO3S/c1-15(2)16(3,4)21-17(20-15)13(10-22)7-11-5-6-12(9-19)14(18)8-11/h5-9,22H,10H2,1-4H3. The first-order valence-corrected chi connectivity index (χ1v) is 8.13. The van der Waals surface area contributed by atoms with Gasteiger partial charge >= 0.3 is 7.12 Å². The van der Waals surface area contributed by atoms with Crippen LogP contribution >= 0.6 is 24.2 Å². The summed E-state index contributed by atoms with van der Waals surface area (Å²) >= 11 is 10.4. The molecule has 0 aromatic heterocycles. The smallest absolute Gasteiger partial charge is 0.400 e. The van der Waals surface area contributed by atoms with Gasteiger partial charge in [-0.25, -0.2) is 0 Å². The van der Waals surface area contributed by atoms with Gasteiger partial charge in [0.05, 0.1) is 16.2 Å². The summed E-state index contributed by atoms with van der Waals surface area (Å²) in [7, 11) is -0.438. The van der Waals surface area contributed by atoms with Crippen LogP contribution in [0.3, 0.4) is 0 Å². The lowest BCUT2D eigenvalue weighted by Crippen LogP contribution is -2.41. The normalized spacial score (nSPS) is 20.3. The minimum atomic E-state index is -0.438. The van der Waals surface area contributed by atoms with E-state index in [0.717, 1.165) is 17.3 Å². The number of benzene rings is 1. The highest BCUT2D eigenvalue weighted by Crippen LogP contribution is 2.39. The van der Waals surface area contributed by atoms with Crippen molar-refractivity contribution in [1.29, 1.82) is 0 Å². The van der Waals surface area contributed by atoms with Crippen molar-refractivity contribution in [2.45, 2.75) is 38.9 Å². The van der Waals surface area contributed by atoms with Crippen LogP contribution < -0.4 is 0 Å². The van der Waals surface area contributed by atoms with Crippen molar-refractivity contribution in [3.8, 4) is 0 Å². The Morgan fingerprint density at radius 3 is 2.32 bits per heavy atom. The zero-order chi connectivity index (χ0) is 16.5. The first-order chi connectivity index (χ1) is 10.2. The third-order valence-corrected chi connectivity index (χ3v) is 4.93. The fourth-order valence-electron chi connectivity index (χ4n) is 2.13. The molecule has 1 fully saturated rings. The first-order valence-electron chi connectivity index (χ1n) is 7.12. The second-order valence-corrected chi connectivity index (χ2v) is 7.09. The molecule has 1 aliphatic rings.